The maximum atomic E-state index is 13.2. The molecule has 1 heterocycles. The number of urea groups is 1. The van der Waals surface area contributed by atoms with E-state index >= 15 is 0 Å². The standard InChI is InChI=1S/C22H24F3N3O3/c1-13-9-14(2)19-15(10-13)11-16(20(30)27-19)12-28(7-8-29)21(31)26-18-6-4-3-5-17(18)22(23,24)25/h3-6,9-11,20,27,29-30H,7-8,12H2,1-2H3,(H,26,31). The number of rotatable bonds is 5. The molecule has 31 heavy (non-hydrogen) atoms. The Morgan fingerprint density at radius 3 is 2.61 bits per heavy atom. The van der Waals surface area contributed by atoms with Crippen molar-refractivity contribution in [3.63, 3.8) is 0 Å². The molecule has 6 nitrogen and oxygen atoms in total. The fraction of sp³-hybridized carbons (Fsp3) is 0.318. The first-order chi connectivity index (χ1) is 14.6. The Bertz CT molecular complexity index is 1010. The van der Waals surface area contributed by atoms with Crippen LogP contribution in [-0.4, -0.2) is 47.1 Å². The first-order valence-electron chi connectivity index (χ1n) is 9.69. The second kappa shape index (κ2) is 8.99. The molecule has 4 N–H and O–H groups in total. The van der Waals surface area contributed by atoms with E-state index in [0.717, 1.165) is 39.4 Å². The number of halogens is 3. The van der Waals surface area contributed by atoms with Gasteiger partial charge in [-0.2, -0.15) is 13.2 Å². The fourth-order valence-electron chi connectivity index (χ4n) is 3.58. The largest absolute Gasteiger partial charge is 0.418 e. The molecule has 0 saturated carbocycles. The number of amides is 2. The van der Waals surface area contributed by atoms with Crippen LogP contribution >= 0.6 is 0 Å². The van der Waals surface area contributed by atoms with E-state index in [1.807, 2.05) is 26.0 Å². The second-order valence-corrected chi connectivity index (χ2v) is 7.43. The van der Waals surface area contributed by atoms with Gasteiger partial charge in [0.2, 0.25) is 0 Å². The van der Waals surface area contributed by atoms with Gasteiger partial charge in [0.15, 0.2) is 0 Å². The van der Waals surface area contributed by atoms with E-state index < -0.39 is 24.0 Å². The van der Waals surface area contributed by atoms with Crippen LogP contribution in [0.1, 0.15) is 22.3 Å². The number of hydrogen-bond donors (Lipinski definition) is 4. The first-order valence-corrected chi connectivity index (χ1v) is 9.69. The molecule has 2 aromatic carbocycles. The van der Waals surface area contributed by atoms with Crippen molar-refractivity contribution in [2.24, 2.45) is 0 Å². The summed E-state index contributed by atoms with van der Waals surface area (Å²) in [4.78, 5) is 13.9. The third-order valence-corrected chi connectivity index (χ3v) is 4.99. The van der Waals surface area contributed by atoms with Crippen LogP contribution in [-0.2, 0) is 6.18 Å². The fourth-order valence-corrected chi connectivity index (χ4v) is 3.58. The Morgan fingerprint density at radius 1 is 1.23 bits per heavy atom. The van der Waals surface area contributed by atoms with Gasteiger partial charge in [-0.15, -0.1) is 0 Å². The minimum Gasteiger partial charge on any atom is -0.395 e. The van der Waals surface area contributed by atoms with Crippen molar-refractivity contribution >= 4 is 23.5 Å². The number of aliphatic hydroxyl groups is 2. The molecule has 0 fully saturated rings. The zero-order chi connectivity index (χ0) is 22.8. The van der Waals surface area contributed by atoms with Crippen LogP contribution in [0.25, 0.3) is 6.08 Å². The maximum absolute atomic E-state index is 13.2. The van der Waals surface area contributed by atoms with Crippen LogP contribution in [0, 0.1) is 13.8 Å². The summed E-state index contributed by atoms with van der Waals surface area (Å²) >= 11 is 0. The number of fused-ring (bicyclic) bond motifs is 1. The number of aryl methyl sites for hydroxylation is 2. The predicted molar refractivity (Wildman–Crippen MR) is 113 cm³/mol. The highest BCUT2D eigenvalue weighted by Gasteiger charge is 2.34. The predicted octanol–water partition coefficient (Wildman–Crippen LogP) is 3.98. The molecule has 1 unspecified atom stereocenters. The Labute approximate surface area is 178 Å². The van der Waals surface area contributed by atoms with Crippen molar-refractivity contribution in [1.29, 1.82) is 0 Å². The summed E-state index contributed by atoms with van der Waals surface area (Å²) in [6.07, 6.45) is -3.96. The van der Waals surface area contributed by atoms with Crippen molar-refractivity contribution < 1.29 is 28.2 Å². The summed E-state index contributed by atoms with van der Waals surface area (Å²) in [5.74, 6) is 0. The summed E-state index contributed by atoms with van der Waals surface area (Å²) in [7, 11) is 0. The third kappa shape index (κ3) is 5.18. The van der Waals surface area contributed by atoms with Crippen molar-refractivity contribution in [3.05, 3.63) is 64.2 Å². The van der Waals surface area contributed by atoms with Gasteiger partial charge in [-0.1, -0.05) is 23.8 Å². The molecule has 2 aromatic rings. The Hall–Kier alpha value is -3.04. The van der Waals surface area contributed by atoms with E-state index in [-0.39, 0.29) is 25.4 Å². The molecule has 9 heteroatoms. The van der Waals surface area contributed by atoms with Crippen LogP contribution in [0.5, 0.6) is 0 Å². The number of nitrogens with zero attached hydrogens (tertiary/aromatic N) is 1. The number of carbonyl (C=O) groups excluding carboxylic acids is 1. The number of aliphatic hydroxyl groups excluding tert-OH is 2. The maximum Gasteiger partial charge on any atom is 0.418 e. The lowest BCUT2D eigenvalue weighted by Gasteiger charge is -2.30. The summed E-state index contributed by atoms with van der Waals surface area (Å²) < 4.78 is 39.7. The summed E-state index contributed by atoms with van der Waals surface area (Å²) in [5.41, 5.74) is 2.70. The average Bonchev–Trinajstić information content (AvgIpc) is 2.68. The lowest BCUT2D eigenvalue weighted by Crippen LogP contribution is -2.41. The number of nitrogens with one attached hydrogen (secondary N) is 2. The van der Waals surface area contributed by atoms with E-state index in [2.05, 4.69) is 10.6 Å². The Morgan fingerprint density at radius 2 is 1.94 bits per heavy atom. The number of carbonyl (C=O) groups is 1. The SMILES string of the molecule is Cc1cc(C)c2c(c1)C=C(CN(CCO)C(=O)Nc1ccccc1C(F)(F)F)C(O)N2. The van der Waals surface area contributed by atoms with Gasteiger partial charge in [-0.3, -0.25) is 0 Å². The summed E-state index contributed by atoms with van der Waals surface area (Å²) in [6, 6.07) is 7.75. The normalized spacial score (nSPS) is 15.6. The Balaban J connectivity index is 1.85. The quantitative estimate of drug-likeness (QED) is 0.573. The molecule has 2 amide bonds. The number of alkyl halides is 3. The van der Waals surface area contributed by atoms with Gasteiger partial charge < -0.3 is 25.7 Å². The van der Waals surface area contributed by atoms with E-state index in [4.69, 9.17) is 0 Å². The molecular formula is C22H24F3N3O3. The molecule has 0 bridgehead atoms. The average molecular weight is 435 g/mol. The molecular weight excluding hydrogens is 411 g/mol. The molecule has 0 saturated heterocycles. The second-order valence-electron chi connectivity index (χ2n) is 7.43. The highest BCUT2D eigenvalue weighted by atomic mass is 19.4. The van der Waals surface area contributed by atoms with Gasteiger partial charge in [0.05, 0.1) is 17.9 Å². The third-order valence-electron chi connectivity index (χ3n) is 4.99. The van der Waals surface area contributed by atoms with Gasteiger partial charge in [0.25, 0.3) is 0 Å². The molecule has 1 atom stereocenters. The number of anilines is 2. The molecule has 3 rings (SSSR count). The molecule has 166 valence electrons. The van der Waals surface area contributed by atoms with Crippen LogP contribution < -0.4 is 10.6 Å². The minimum atomic E-state index is -4.63. The Kier molecular flexibility index (Phi) is 6.56. The van der Waals surface area contributed by atoms with Gasteiger partial charge in [0.1, 0.15) is 6.23 Å². The van der Waals surface area contributed by atoms with E-state index in [1.54, 1.807) is 6.08 Å². The van der Waals surface area contributed by atoms with Gasteiger partial charge >= 0.3 is 12.2 Å². The molecule has 1 aliphatic heterocycles. The first kappa shape index (κ1) is 22.6. The van der Waals surface area contributed by atoms with Crippen LogP contribution in [0.15, 0.2) is 42.0 Å². The molecule has 0 spiro atoms. The van der Waals surface area contributed by atoms with E-state index in [0.29, 0.717) is 5.57 Å². The monoisotopic (exact) mass is 435 g/mol. The highest BCUT2D eigenvalue weighted by Crippen LogP contribution is 2.35. The molecule has 0 radical (unpaired) electrons. The molecule has 0 aliphatic carbocycles. The summed E-state index contributed by atoms with van der Waals surface area (Å²) in [6.45, 7) is 3.26. The lowest BCUT2D eigenvalue weighted by atomic mass is 9.97. The number of hydrogen-bond acceptors (Lipinski definition) is 4. The van der Waals surface area contributed by atoms with E-state index in [1.165, 1.54) is 12.1 Å². The highest BCUT2D eigenvalue weighted by molar-refractivity contribution is 5.90. The van der Waals surface area contributed by atoms with Gasteiger partial charge in [-0.25, -0.2) is 4.79 Å². The summed E-state index contributed by atoms with van der Waals surface area (Å²) in [5, 5.41) is 25.1. The molecule has 1 aliphatic rings. The van der Waals surface area contributed by atoms with Crippen LogP contribution in [0.2, 0.25) is 0 Å². The van der Waals surface area contributed by atoms with Crippen molar-refractivity contribution in [1.82, 2.24) is 4.90 Å². The zero-order valence-corrected chi connectivity index (χ0v) is 17.1. The van der Waals surface area contributed by atoms with Crippen molar-refractivity contribution in [3.8, 4) is 0 Å². The minimum absolute atomic E-state index is 0.0822. The number of benzene rings is 2. The van der Waals surface area contributed by atoms with Crippen LogP contribution in [0.3, 0.4) is 0 Å². The zero-order valence-electron chi connectivity index (χ0n) is 17.1. The van der Waals surface area contributed by atoms with Crippen molar-refractivity contribution in [2.45, 2.75) is 26.3 Å². The van der Waals surface area contributed by atoms with E-state index in [9.17, 15) is 28.2 Å². The van der Waals surface area contributed by atoms with Gasteiger partial charge in [-0.05, 0) is 54.8 Å². The molecule has 0 aromatic heterocycles. The van der Waals surface area contributed by atoms with Gasteiger partial charge in [0, 0.05) is 18.8 Å². The lowest BCUT2D eigenvalue weighted by molar-refractivity contribution is -0.136. The smallest absolute Gasteiger partial charge is 0.395 e. The van der Waals surface area contributed by atoms with Crippen molar-refractivity contribution in [2.75, 3.05) is 30.3 Å². The topological polar surface area (TPSA) is 84.8 Å². The van der Waals surface area contributed by atoms with Crippen LogP contribution in [0.4, 0.5) is 29.3 Å². The number of para-hydroxylation sites is 1.